The number of aryl methyl sites for hydroxylation is 1. The molecule has 2 nitrogen and oxygen atoms in total. The third-order valence-corrected chi connectivity index (χ3v) is 2.56. The summed E-state index contributed by atoms with van der Waals surface area (Å²) >= 11 is 0. The molecule has 0 amide bonds. The summed E-state index contributed by atoms with van der Waals surface area (Å²) in [6.07, 6.45) is 6.55. The van der Waals surface area contributed by atoms with Crippen LogP contribution in [0.4, 0.5) is 0 Å². The summed E-state index contributed by atoms with van der Waals surface area (Å²) in [5, 5.41) is 0. The third-order valence-electron chi connectivity index (χ3n) is 2.56. The zero-order valence-corrected chi connectivity index (χ0v) is 14.0. The van der Waals surface area contributed by atoms with Gasteiger partial charge >= 0.3 is 0 Å². The van der Waals surface area contributed by atoms with Gasteiger partial charge in [-0.15, -0.1) is 0 Å². The highest BCUT2D eigenvalue weighted by Gasteiger charge is 2.07. The molecule has 0 aliphatic heterocycles. The molecular formula is C17H33NO. The maximum atomic E-state index is 5.79. The average molecular weight is 267 g/mol. The minimum absolute atomic E-state index is 0.315. The van der Waals surface area contributed by atoms with Crippen LogP contribution in [0, 0.1) is 0 Å². The molecule has 0 aliphatic rings. The van der Waals surface area contributed by atoms with Crippen LogP contribution in [-0.4, -0.2) is 11.1 Å². The monoisotopic (exact) mass is 267 g/mol. The molecule has 2 heteroatoms. The van der Waals surface area contributed by atoms with E-state index < -0.39 is 0 Å². The summed E-state index contributed by atoms with van der Waals surface area (Å²) in [4.78, 5) is 4.30. The van der Waals surface area contributed by atoms with E-state index in [9.17, 15) is 0 Å². The van der Waals surface area contributed by atoms with Crippen LogP contribution >= 0.6 is 0 Å². The predicted molar refractivity (Wildman–Crippen MR) is 85.9 cm³/mol. The summed E-state index contributed by atoms with van der Waals surface area (Å²) in [6.45, 7) is 14.5. The first kappa shape index (κ1) is 20.3. The lowest BCUT2D eigenvalue weighted by Gasteiger charge is -2.15. The Bertz CT molecular complexity index is 269. The van der Waals surface area contributed by atoms with E-state index in [2.05, 4.69) is 31.8 Å². The van der Waals surface area contributed by atoms with Crippen molar-refractivity contribution in [3.63, 3.8) is 0 Å². The lowest BCUT2D eigenvalue weighted by Crippen LogP contribution is -2.15. The van der Waals surface area contributed by atoms with Crippen LogP contribution in [0.5, 0.6) is 5.88 Å². The molecule has 0 N–H and O–H groups in total. The lowest BCUT2D eigenvalue weighted by molar-refractivity contribution is 0.178. The van der Waals surface area contributed by atoms with Crippen LogP contribution < -0.4 is 4.74 Å². The van der Waals surface area contributed by atoms with Gasteiger partial charge in [-0.25, -0.2) is 4.98 Å². The first-order valence-corrected chi connectivity index (χ1v) is 7.91. The van der Waals surface area contributed by atoms with Gasteiger partial charge in [0.15, 0.2) is 0 Å². The van der Waals surface area contributed by atoms with Crippen molar-refractivity contribution < 1.29 is 4.74 Å². The Morgan fingerprint density at radius 1 is 1.05 bits per heavy atom. The fourth-order valence-electron chi connectivity index (χ4n) is 1.53. The molecule has 1 aromatic rings. The second-order valence-electron chi connectivity index (χ2n) is 3.80. The fraction of sp³-hybridized carbons (Fsp3) is 0.706. The van der Waals surface area contributed by atoms with Crippen molar-refractivity contribution in [3.05, 3.63) is 23.9 Å². The predicted octanol–water partition coefficient (Wildman–Crippen LogP) is 5.65. The molecule has 1 rings (SSSR count). The van der Waals surface area contributed by atoms with E-state index >= 15 is 0 Å². The first-order chi connectivity index (χ1) is 9.30. The molecule has 0 bridgehead atoms. The highest BCUT2D eigenvalue weighted by molar-refractivity contribution is 5.17. The van der Waals surface area contributed by atoms with E-state index in [1.54, 1.807) is 0 Å². The van der Waals surface area contributed by atoms with Gasteiger partial charge in [0.25, 0.3) is 0 Å². The molecular weight excluding hydrogens is 234 g/mol. The van der Waals surface area contributed by atoms with Crippen molar-refractivity contribution in [2.45, 2.75) is 80.3 Å². The molecule has 0 radical (unpaired) electrons. The number of nitrogens with zero attached hydrogens (tertiary/aromatic N) is 1. The fourth-order valence-corrected chi connectivity index (χ4v) is 1.53. The molecule has 112 valence electrons. The Labute approximate surface area is 120 Å². The number of ether oxygens (including phenoxy) is 1. The second kappa shape index (κ2) is 15.0. The molecule has 19 heavy (non-hydrogen) atoms. The largest absolute Gasteiger partial charge is 0.474 e. The van der Waals surface area contributed by atoms with Gasteiger partial charge in [-0.3, -0.25) is 0 Å². The standard InChI is InChI=1S/C13H21NO.2C2H6/c1-4-7-12(6-3)15-13-9-8-11(5-2)10-14-13;2*1-2/h8-10,12H,4-7H2,1-3H3;2*1-2H3. The molecule has 0 aliphatic carbocycles. The first-order valence-electron chi connectivity index (χ1n) is 7.91. The minimum atomic E-state index is 0.315. The van der Waals surface area contributed by atoms with Crippen LogP contribution in [0.3, 0.4) is 0 Å². The summed E-state index contributed by atoms with van der Waals surface area (Å²) in [6, 6.07) is 4.05. The van der Waals surface area contributed by atoms with Crippen LogP contribution in [0.15, 0.2) is 18.3 Å². The van der Waals surface area contributed by atoms with Crippen molar-refractivity contribution in [1.29, 1.82) is 0 Å². The minimum Gasteiger partial charge on any atom is -0.474 e. The van der Waals surface area contributed by atoms with Crippen LogP contribution in [-0.2, 0) is 6.42 Å². The van der Waals surface area contributed by atoms with Gasteiger partial charge in [-0.2, -0.15) is 0 Å². The van der Waals surface area contributed by atoms with E-state index in [1.807, 2.05) is 40.0 Å². The Balaban J connectivity index is 0. The van der Waals surface area contributed by atoms with Gasteiger partial charge < -0.3 is 4.74 Å². The Hall–Kier alpha value is -1.05. The molecule has 1 aromatic heterocycles. The molecule has 1 atom stereocenters. The van der Waals surface area contributed by atoms with Crippen molar-refractivity contribution in [2.24, 2.45) is 0 Å². The van der Waals surface area contributed by atoms with Crippen LogP contribution in [0.2, 0.25) is 0 Å². The number of hydrogen-bond donors (Lipinski definition) is 0. The summed E-state index contributed by atoms with van der Waals surface area (Å²) in [7, 11) is 0. The van der Waals surface area contributed by atoms with Crippen molar-refractivity contribution in [3.8, 4) is 5.88 Å². The second-order valence-corrected chi connectivity index (χ2v) is 3.80. The van der Waals surface area contributed by atoms with Crippen molar-refractivity contribution in [2.75, 3.05) is 0 Å². The summed E-state index contributed by atoms with van der Waals surface area (Å²) in [5.41, 5.74) is 1.26. The molecule has 0 aromatic carbocycles. The number of aromatic nitrogens is 1. The Morgan fingerprint density at radius 2 is 1.68 bits per heavy atom. The average Bonchev–Trinajstić information content (AvgIpc) is 2.51. The molecule has 1 unspecified atom stereocenters. The van der Waals surface area contributed by atoms with Gasteiger partial charge in [0, 0.05) is 12.3 Å². The van der Waals surface area contributed by atoms with Gasteiger partial charge in [0.2, 0.25) is 5.88 Å². The van der Waals surface area contributed by atoms with Gasteiger partial charge in [-0.1, -0.05) is 61.0 Å². The third kappa shape index (κ3) is 9.52. The van der Waals surface area contributed by atoms with E-state index in [-0.39, 0.29) is 0 Å². The Kier molecular flexibility index (Phi) is 16.0. The quantitative estimate of drug-likeness (QED) is 0.664. The van der Waals surface area contributed by atoms with Crippen LogP contribution in [0.25, 0.3) is 0 Å². The zero-order valence-electron chi connectivity index (χ0n) is 14.0. The molecule has 0 saturated carbocycles. The van der Waals surface area contributed by atoms with E-state index in [0.717, 1.165) is 31.6 Å². The highest BCUT2D eigenvalue weighted by atomic mass is 16.5. The van der Waals surface area contributed by atoms with Gasteiger partial charge in [-0.05, 0) is 24.8 Å². The molecule has 1 heterocycles. The Morgan fingerprint density at radius 3 is 2.05 bits per heavy atom. The van der Waals surface area contributed by atoms with Gasteiger partial charge in [0.1, 0.15) is 6.10 Å². The maximum Gasteiger partial charge on any atom is 0.213 e. The lowest BCUT2D eigenvalue weighted by atomic mass is 10.1. The summed E-state index contributed by atoms with van der Waals surface area (Å²) in [5.74, 6) is 0.757. The molecule has 0 saturated heterocycles. The number of rotatable bonds is 6. The van der Waals surface area contributed by atoms with Gasteiger partial charge in [0.05, 0.1) is 0 Å². The normalized spacial score (nSPS) is 10.5. The molecule has 0 spiro atoms. The highest BCUT2D eigenvalue weighted by Crippen LogP contribution is 2.14. The van der Waals surface area contributed by atoms with E-state index in [0.29, 0.717) is 6.10 Å². The smallest absolute Gasteiger partial charge is 0.213 e. The van der Waals surface area contributed by atoms with E-state index in [4.69, 9.17) is 4.74 Å². The zero-order chi connectivity index (χ0) is 15.1. The summed E-state index contributed by atoms with van der Waals surface area (Å²) < 4.78 is 5.79. The van der Waals surface area contributed by atoms with Crippen molar-refractivity contribution >= 4 is 0 Å². The van der Waals surface area contributed by atoms with Crippen molar-refractivity contribution in [1.82, 2.24) is 4.98 Å². The van der Waals surface area contributed by atoms with Crippen LogP contribution in [0.1, 0.15) is 73.3 Å². The number of pyridine rings is 1. The topological polar surface area (TPSA) is 22.1 Å². The van der Waals surface area contributed by atoms with E-state index in [1.165, 1.54) is 5.56 Å². The maximum absolute atomic E-state index is 5.79. The number of hydrogen-bond acceptors (Lipinski definition) is 2. The molecule has 0 fully saturated rings. The SMILES string of the molecule is CC.CC.CCCC(CC)Oc1ccc(CC)cn1.